The number of benzene rings is 1. The van der Waals surface area contributed by atoms with Crippen molar-refractivity contribution in [2.45, 2.75) is 32.7 Å². The lowest BCUT2D eigenvalue weighted by atomic mass is 10.1. The summed E-state index contributed by atoms with van der Waals surface area (Å²) in [6.07, 6.45) is 4.15. The molecule has 0 unspecified atom stereocenters. The number of piperidine rings is 1. The summed E-state index contributed by atoms with van der Waals surface area (Å²) in [6.45, 7) is 7.78. The van der Waals surface area contributed by atoms with Crippen LogP contribution in [0.5, 0.6) is 0 Å². The zero-order chi connectivity index (χ0) is 12.8. The Kier molecular flexibility index (Phi) is 5.48. The summed E-state index contributed by atoms with van der Waals surface area (Å²) in [5, 5.41) is 4.38. The highest BCUT2D eigenvalue weighted by Crippen LogP contribution is 2.18. The largest absolute Gasteiger partial charge is 0.311 e. The summed E-state index contributed by atoms with van der Waals surface area (Å²) in [7, 11) is 0. The van der Waals surface area contributed by atoms with Crippen LogP contribution in [0.4, 0.5) is 0 Å². The smallest absolute Gasteiger partial charge is 0.0438 e. The number of hydrogen-bond donors (Lipinski definition) is 1. The van der Waals surface area contributed by atoms with Crippen molar-refractivity contribution in [3.63, 3.8) is 0 Å². The summed E-state index contributed by atoms with van der Waals surface area (Å²) < 4.78 is 0. The van der Waals surface area contributed by atoms with Crippen molar-refractivity contribution in [3.05, 3.63) is 34.3 Å². The summed E-state index contributed by atoms with van der Waals surface area (Å²) >= 11 is 6.11. The molecule has 0 bridgehead atoms. The third-order valence-corrected chi connectivity index (χ3v) is 4.16. The molecule has 1 aliphatic heterocycles. The van der Waals surface area contributed by atoms with E-state index in [0.29, 0.717) is 0 Å². The molecule has 1 aromatic rings. The molecule has 3 heteroatoms. The Morgan fingerprint density at radius 2 is 2.00 bits per heavy atom. The van der Waals surface area contributed by atoms with E-state index in [1.807, 2.05) is 12.1 Å². The van der Waals surface area contributed by atoms with Gasteiger partial charge < -0.3 is 10.2 Å². The standard InChI is InChI=1S/C15H23ClN2/c1-13-14(6-5-7-15(13)16)12-17-8-11-18-9-3-2-4-10-18/h5-7,17H,2-4,8-12H2,1H3. The topological polar surface area (TPSA) is 15.3 Å². The quantitative estimate of drug-likeness (QED) is 0.824. The molecule has 1 fully saturated rings. The minimum absolute atomic E-state index is 0.866. The highest BCUT2D eigenvalue weighted by molar-refractivity contribution is 6.31. The fourth-order valence-corrected chi connectivity index (χ4v) is 2.68. The summed E-state index contributed by atoms with van der Waals surface area (Å²) in [5.41, 5.74) is 2.51. The van der Waals surface area contributed by atoms with Gasteiger partial charge in [0.15, 0.2) is 0 Å². The Bertz CT molecular complexity index is 373. The molecule has 1 N–H and O–H groups in total. The average Bonchev–Trinajstić information content (AvgIpc) is 2.40. The number of likely N-dealkylation sites (tertiary alicyclic amines) is 1. The predicted molar refractivity (Wildman–Crippen MR) is 78.2 cm³/mol. The molecule has 2 rings (SSSR count). The van der Waals surface area contributed by atoms with E-state index in [0.717, 1.165) is 18.1 Å². The van der Waals surface area contributed by atoms with Gasteiger partial charge in [0, 0.05) is 24.7 Å². The highest BCUT2D eigenvalue weighted by Gasteiger charge is 2.09. The van der Waals surface area contributed by atoms with Gasteiger partial charge in [0.05, 0.1) is 0 Å². The molecule has 0 radical (unpaired) electrons. The molecule has 0 spiro atoms. The van der Waals surface area contributed by atoms with E-state index in [2.05, 4.69) is 23.2 Å². The van der Waals surface area contributed by atoms with E-state index in [9.17, 15) is 0 Å². The van der Waals surface area contributed by atoms with Gasteiger partial charge in [-0.2, -0.15) is 0 Å². The first-order valence-electron chi connectivity index (χ1n) is 6.94. The van der Waals surface area contributed by atoms with Crippen LogP contribution in [0.1, 0.15) is 30.4 Å². The first-order chi connectivity index (χ1) is 8.77. The lowest BCUT2D eigenvalue weighted by Crippen LogP contribution is -2.35. The molecule has 1 saturated heterocycles. The lowest BCUT2D eigenvalue weighted by Gasteiger charge is -2.26. The van der Waals surface area contributed by atoms with Gasteiger partial charge in [-0.1, -0.05) is 30.2 Å². The van der Waals surface area contributed by atoms with Crippen LogP contribution in [0.25, 0.3) is 0 Å². The molecule has 1 aromatic carbocycles. The first kappa shape index (κ1) is 13.9. The highest BCUT2D eigenvalue weighted by atomic mass is 35.5. The van der Waals surface area contributed by atoms with E-state index in [4.69, 9.17) is 11.6 Å². The Balaban J connectivity index is 1.70. The second-order valence-corrected chi connectivity index (χ2v) is 5.51. The summed E-state index contributed by atoms with van der Waals surface area (Å²) in [4.78, 5) is 2.56. The van der Waals surface area contributed by atoms with E-state index >= 15 is 0 Å². The zero-order valence-corrected chi connectivity index (χ0v) is 12.0. The average molecular weight is 267 g/mol. The van der Waals surface area contributed by atoms with Crippen LogP contribution in [0, 0.1) is 6.92 Å². The molecule has 100 valence electrons. The maximum Gasteiger partial charge on any atom is 0.0438 e. The molecule has 0 aliphatic carbocycles. The molecule has 18 heavy (non-hydrogen) atoms. The van der Waals surface area contributed by atoms with Crippen molar-refractivity contribution in [2.75, 3.05) is 26.2 Å². The Morgan fingerprint density at radius 3 is 2.78 bits per heavy atom. The van der Waals surface area contributed by atoms with Crippen molar-refractivity contribution in [2.24, 2.45) is 0 Å². The Morgan fingerprint density at radius 1 is 1.22 bits per heavy atom. The SMILES string of the molecule is Cc1c(Cl)cccc1CNCCN1CCCCC1. The van der Waals surface area contributed by atoms with Gasteiger partial charge in [0.1, 0.15) is 0 Å². The van der Waals surface area contributed by atoms with Crippen LogP contribution in [0.3, 0.4) is 0 Å². The monoisotopic (exact) mass is 266 g/mol. The van der Waals surface area contributed by atoms with Crippen LogP contribution in [-0.4, -0.2) is 31.1 Å². The summed E-state index contributed by atoms with van der Waals surface area (Å²) in [5.74, 6) is 0. The zero-order valence-electron chi connectivity index (χ0n) is 11.2. The van der Waals surface area contributed by atoms with Crippen LogP contribution < -0.4 is 5.32 Å². The van der Waals surface area contributed by atoms with Crippen molar-refractivity contribution < 1.29 is 0 Å². The van der Waals surface area contributed by atoms with Gasteiger partial charge in [-0.05, 0) is 50.0 Å². The molecule has 1 aliphatic rings. The number of nitrogens with zero attached hydrogens (tertiary/aromatic N) is 1. The predicted octanol–water partition coefficient (Wildman–Crippen LogP) is 3.22. The van der Waals surface area contributed by atoms with Crippen molar-refractivity contribution in [1.29, 1.82) is 0 Å². The first-order valence-corrected chi connectivity index (χ1v) is 7.32. The normalized spacial score (nSPS) is 17.0. The van der Waals surface area contributed by atoms with Gasteiger partial charge in [-0.15, -0.1) is 0 Å². The molecule has 1 heterocycles. The second kappa shape index (κ2) is 7.13. The number of rotatable bonds is 5. The van der Waals surface area contributed by atoms with Gasteiger partial charge >= 0.3 is 0 Å². The van der Waals surface area contributed by atoms with Gasteiger partial charge in [-0.3, -0.25) is 0 Å². The fraction of sp³-hybridized carbons (Fsp3) is 0.600. The molecular formula is C15H23ClN2. The molecule has 0 amide bonds. The third kappa shape index (κ3) is 3.98. The maximum atomic E-state index is 6.11. The Hall–Kier alpha value is -0.570. The van der Waals surface area contributed by atoms with E-state index in [1.54, 1.807) is 0 Å². The van der Waals surface area contributed by atoms with Crippen LogP contribution in [0.15, 0.2) is 18.2 Å². The van der Waals surface area contributed by atoms with Gasteiger partial charge in [-0.25, -0.2) is 0 Å². The number of halogens is 1. The minimum atomic E-state index is 0.866. The van der Waals surface area contributed by atoms with Crippen molar-refractivity contribution >= 4 is 11.6 Å². The third-order valence-electron chi connectivity index (χ3n) is 3.75. The molecule has 0 saturated carbocycles. The lowest BCUT2D eigenvalue weighted by molar-refractivity contribution is 0.229. The van der Waals surface area contributed by atoms with Crippen molar-refractivity contribution in [1.82, 2.24) is 10.2 Å². The van der Waals surface area contributed by atoms with E-state index in [-0.39, 0.29) is 0 Å². The van der Waals surface area contributed by atoms with Crippen LogP contribution >= 0.6 is 11.6 Å². The fourth-order valence-electron chi connectivity index (χ4n) is 2.49. The van der Waals surface area contributed by atoms with E-state index in [1.165, 1.54) is 50.0 Å². The molecule has 0 aromatic heterocycles. The van der Waals surface area contributed by atoms with Crippen molar-refractivity contribution in [3.8, 4) is 0 Å². The molecule has 2 nitrogen and oxygen atoms in total. The van der Waals surface area contributed by atoms with Gasteiger partial charge in [0.2, 0.25) is 0 Å². The number of nitrogens with one attached hydrogen (secondary N) is 1. The second-order valence-electron chi connectivity index (χ2n) is 5.10. The maximum absolute atomic E-state index is 6.11. The minimum Gasteiger partial charge on any atom is -0.311 e. The Labute approximate surface area is 115 Å². The number of hydrogen-bond acceptors (Lipinski definition) is 2. The molecular weight excluding hydrogens is 244 g/mol. The summed E-state index contributed by atoms with van der Waals surface area (Å²) in [6, 6.07) is 6.13. The van der Waals surface area contributed by atoms with Crippen LogP contribution in [0.2, 0.25) is 5.02 Å². The van der Waals surface area contributed by atoms with Gasteiger partial charge in [0.25, 0.3) is 0 Å². The molecule has 0 atom stereocenters. The van der Waals surface area contributed by atoms with Crippen LogP contribution in [-0.2, 0) is 6.54 Å². The van der Waals surface area contributed by atoms with E-state index < -0.39 is 0 Å².